The van der Waals surface area contributed by atoms with Gasteiger partial charge in [0.1, 0.15) is 0 Å². The molecular formula is C11H19F7N2O3S. The highest BCUT2D eigenvalue weighted by Gasteiger charge is 2.74. The number of hydrogen-bond donors (Lipinski definition) is 1. The number of alkyl halides is 7. The lowest BCUT2D eigenvalue weighted by molar-refractivity contribution is -0.429. The van der Waals surface area contributed by atoms with Gasteiger partial charge in [-0.05, 0) is 33.5 Å². The van der Waals surface area contributed by atoms with Crippen LogP contribution in [0, 0.1) is 0 Å². The van der Waals surface area contributed by atoms with Crippen LogP contribution in [0.4, 0.5) is 30.7 Å². The molecule has 0 saturated carbocycles. The number of ether oxygens (including phenoxy) is 1. The molecule has 5 nitrogen and oxygen atoms in total. The first-order valence-corrected chi connectivity index (χ1v) is 8.36. The molecule has 24 heavy (non-hydrogen) atoms. The molecule has 0 saturated heterocycles. The van der Waals surface area contributed by atoms with Crippen molar-refractivity contribution < 1.29 is 43.9 Å². The van der Waals surface area contributed by atoms with E-state index < -0.39 is 47.0 Å². The number of hydrogen-bond acceptors (Lipinski definition) is 4. The average Bonchev–Trinajstić information content (AvgIpc) is 2.36. The molecule has 0 radical (unpaired) electrons. The number of halogens is 7. The highest BCUT2D eigenvalue weighted by Crippen LogP contribution is 2.46. The van der Waals surface area contributed by atoms with Gasteiger partial charge in [-0.3, -0.25) is 0 Å². The van der Waals surface area contributed by atoms with Crippen molar-refractivity contribution in [3.63, 3.8) is 0 Å². The zero-order valence-corrected chi connectivity index (χ0v) is 13.8. The largest absolute Gasteiger partial charge is 0.458 e. The lowest BCUT2D eigenvalue weighted by atomic mass is 10.3. The minimum absolute atomic E-state index is 0.0551. The van der Waals surface area contributed by atoms with Crippen LogP contribution >= 0.6 is 0 Å². The second-order valence-electron chi connectivity index (χ2n) is 5.16. The molecule has 0 aliphatic carbocycles. The third-order valence-electron chi connectivity index (χ3n) is 2.69. The third-order valence-corrected chi connectivity index (χ3v) is 4.16. The minimum Gasteiger partial charge on any atom is -0.332 e. The maximum atomic E-state index is 13.1. The standard InChI is InChI=1S/C11H19F7N2O3S/c1-20(2)6-3-5-19-24(21,22)8-4-7-23-9(12,10(13,14)15)11(16,17)18/h19H,3-8H2,1-2H3. The first kappa shape index (κ1) is 23.3. The molecule has 0 aromatic carbocycles. The summed E-state index contributed by atoms with van der Waals surface area (Å²) in [5.74, 6) is -6.62. The molecular weight excluding hydrogens is 373 g/mol. The Labute approximate surface area is 135 Å². The Kier molecular flexibility index (Phi) is 8.39. The SMILES string of the molecule is CN(C)CCCNS(=O)(=O)CCCOC(F)(C(F)(F)F)C(F)(F)F. The summed E-state index contributed by atoms with van der Waals surface area (Å²) in [4.78, 5) is 1.79. The highest BCUT2D eigenvalue weighted by molar-refractivity contribution is 7.89. The molecule has 0 bridgehead atoms. The van der Waals surface area contributed by atoms with E-state index in [9.17, 15) is 39.2 Å². The number of rotatable bonds is 10. The minimum atomic E-state index is -6.32. The van der Waals surface area contributed by atoms with Gasteiger partial charge < -0.3 is 9.64 Å². The lowest BCUT2D eigenvalue weighted by Gasteiger charge is -2.29. The Balaban J connectivity index is 4.40. The van der Waals surface area contributed by atoms with E-state index in [1.165, 1.54) is 0 Å². The topological polar surface area (TPSA) is 58.6 Å². The smallest absolute Gasteiger partial charge is 0.332 e. The second-order valence-corrected chi connectivity index (χ2v) is 7.09. The first-order chi connectivity index (χ1) is 10.6. The van der Waals surface area contributed by atoms with Crippen LogP contribution in [0.25, 0.3) is 0 Å². The lowest BCUT2D eigenvalue weighted by Crippen LogP contribution is -2.55. The molecule has 0 aromatic rings. The third kappa shape index (κ3) is 7.49. The Bertz CT molecular complexity index is 463. The number of nitrogens with one attached hydrogen (secondary N) is 1. The van der Waals surface area contributed by atoms with Crippen molar-refractivity contribution in [2.75, 3.05) is 39.5 Å². The van der Waals surface area contributed by atoms with Crippen molar-refractivity contribution in [1.82, 2.24) is 9.62 Å². The summed E-state index contributed by atoms with van der Waals surface area (Å²) in [6.07, 6.45) is -12.9. The summed E-state index contributed by atoms with van der Waals surface area (Å²) in [6, 6.07) is 0. The van der Waals surface area contributed by atoms with Crippen LogP contribution in [-0.4, -0.2) is 71.1 Å². The predicted molar refractivity (Wildman–Crippen MR) is 71.5 cm³/mol. The fourth-order valence-electron chi connectivity index (χ4n) is 1.48. The molecule has 0 spiro atoms. The summed E-state index contributed by atoms with van der Waals surface area (Å²) in [6.45, 7) is -0.735. The van der Waals surface area contributed by atoms with Crippen molar-refractivity contribution in [1.29, 1.82) is 0 Å². The van der Waals surface area contributed by atoms with Gasteiger partial charge >= 0.3 is 18.2 Å². The van der Waals surface area contributed by atoms with Gasteiger partial charge in [0.15, 0.2) is 0 Å². The highest BCUT2D eigenvalue weighted by atomic mass is 32.2. The van der Waals surface area contributed by atoms with Gasteiger partial charge in [0.2, 0.25) is 10.0 Å². The molecule has 0 fully saturated rings. The van der Waals surface area contributed by atoms with Crippen LogP contribution in [0.5, 0.6) is 0 Å². The zero-order valence-electron chi connectivity index (χ0n) is 13.0. The Morgan fingerprint density at radius 2 is 1.46 bits per heavy atom. The van der Waals surface area contributed by atoms with Crippen LogP contribution in [0.2, 0.25) is 0 Å². The van der Waals surface area contributed by atoms with Gasteiger partial charge in [0.25, 0.3) is 0 Å². The Hall–Kier alpha value is -0.660. The van der Waals surface area contributed by atoms with E-state index in [0.29, 0.717) is 13.0 Å². The zero-order chi connectivity index (χ0) is 19.2. The Morgan fingerprint density at radius 3 is 1.88 bits per heavy atom. The summed E-state index contributed by atoms with van der Waals surface area (Å²) in [5, 5.41) is 0. The van der Waals surface area contributed by atoms with Gasteiger partial charge in [-0.25, -0.2) is 13.1 Å². The van der Waals surface area contributed by atoms with E-state index in [0.717, 1.165) is 0 Å². The number of nitrogens with zero attached hydrogens (tertiary/aromatic N) is 1. The van der Waals surface area contributed by atoms with Gasteiger partial charge in [-0.15, -0.1) is 0 Å². The van der Waals surface area contributed by atoms with E-state index in [1.807, 2.05) is 0 Å². The molecule has 146 valence electrons. The van der Waals surface area contributed by atoms with E-state index in [4.69, 9.17) is 0 Å². The van der Waals surface area contributed by atoms with Crippen molar-refractivity contribution in [3.05, 3.63) is 0 Å². The second kappa shape index (κ2) is 8.63. The maximum absolute atomic E-state index is 13.1. The van der Waals surface area contributed by atoms with Crippen molar-refractivity contribution in [2.24, 2.45) is 0 Å². The van der Waals surface area contributed by atoms with Crippen molar-refractivity contribution in [3.8, 4) is 0 Å². The fourth-order valence-corrected chi connectivity index (χ4v) is 2.58. The van der Waals surface area contributed by atoms with Gasteiger partial charge in [0, 0.05) is 6.54 Å². The summed E-state index contributed by atoms with van der Waals surface area (Å²) in [5.41, 5.74) is 0. The van der Waals surface area contributed by atoms with Crippen LogP contribution in [0.15, 0.2) is 0 Å². The van der Waals surface area contributed by atoms with Crippen LogP contribution in [-0.2, 0) is 14.8 Å². The van der Waals surface area contributed by atoms with E-state index in [-0.39, 0.29) is 6.54 Å². The summed E-state index contributed by atoms with van der Waals surface area (Å²) < 4.78 is 115. The molecule has 0 rings (SSSR count). The van der Waals surface area contributed by atoms with Crippen molar-refractivity contribution >= 4 is 10.0 Å². The molecule has 0 aliphatic heterocycles. The van der Waals surface area contributed by atoms with E-state index in [2.05, 4.69) is 9.46 Å². The summed E-state index contributed by atoms with van der Waals surface area (Å²) in [7, 11) is -0.381. The number of sulfonamides is 1. The van der Waals surface area contributed by atoms with Crippen molar-refractivity contribution in [2.45, 2.75) is 31.0 Å². The molecule has 0 aliphatic rings. The van der Waals surface area contributed by atoms with Crippen LogP contribution in [0.1, 0.15) is 12.8 Å². The van der Waals surface area contributed by atoms with Crippen LogP contribution < -0.4 is 4.72 Å². The summed E-state index contributed by atoms with van der Waals surface area (Å²) >= 11 is 0. The molecule has 13 heteroatoms. The normalized spacial score (nSPS) is 14.4. The van der Waals surface area contributed by atoms with Gasteiger partial charge in [-0.1, -0.05) is 0 Å². The average molecular weight is 392 g/mol. The van der Waals surface area contributed by atoms with Gasteiger partial charge in [-0.2, -0.15) is 30.7 Å². The first-order valence-electron chi connectivity index (χ1n) is 6.71. The predicted octanol–water partition coefficient (Wildman–Crippen LogP) is 2.05. The molecule has 0 unspecified atom stereocenters. The Morgan fingerprint density at radius 1 is 0.958 bits per heavy atom. The van der Waals surface area contributed by atoms with Crippen LogP contribution in [0.3, 0.4) is 0 Å². The molecule has 0 amide bonds. The van der Waals surface area contributed by atoms with E-state index >= 15 is 0 Å². The molecule has 0 aromatic heterocycles. The van der Waals surface area contributed by atoms with Gasteiger partial charge in [0.05, 0.1) is 12.4 Å². The molecule has 1 N–H and O–H groups in total. The molecule has 0 atom stereocenters. The maximum Gasteiger partial charge on any atom is 0.458 e. The monoisotopic (exact) mass is 392 g/mol. The fraction of sp³-hybridized carbons (Fsp3) is 1.00. The molecule has 0 heterocycles. The van der Waals surface area contributed by atoms with E-state index in [1.54, 1.807) is 19.0 Å². The quantitative estimate of drug-likeness (QED) is 0.457.